The SMILES string of the molecule is CC(NCC1CCCS1(=O)=O)c1cccc(C#N)c1. The van der Waals surface area contributed by atoms with Gasteiger partial charge in [-0.15, -0.1) is 0 Å². The van der Waals surface area contributed by atoms with Crippen LogP contribution in [0.15, 0.2) is 24.3 Å². The van der Waals surface area contributed by atoms with Crippen LogP contribution in [0.5, 0.6) is 0 Å². The van der Waals surface area contributed by atoms with Gasteiger partial charge in [-0.2, -0.15) is 5.26 Å². The standard InChI is InChI=1S/C14H18N2O2S/c1-11(13-5-2-4-12(8-13)9-15)16-10-14-6-3-7-19(14,17)18/h2,4-5,8,11,14,16H,3,6-7,10H2,1H3. The third kappa shape index (κ3) is 3.34. The minimum absolute atomic E-state index is 0.0455. The van der Waals surface area contributed by atoms with Crippen LogP contribution in [0.1, 0.15) is 36.9 Å². The van der Waals surface area contributed by atoms with E-state index in [-0.39, 0.29) is 11.3 Å². The number of nitriles is 1. The summed E-state index contributed by atoms with van der Waals surface area (Å²) in [6.45, 7) is 2.47. The number of sulfone groups is 1. The second-order valence-corrected chi connectivity index (χ2v) is 7.40. The lowest BCUT2D eigenvalue weighted by molar-refractivity contribution is 0.538. The third-order valence-corrected chi connectivity index (χ3v) is 5.91. The zero-order valence-corrected chi connectivity index (χ0v) is 11.8. The maximum atomic E-state index is 11.7. The highest BCUT2D eigenvalue weighted by Gasteiger charge is 2.31. The molecule has 1 fully saturated rings. The van der Waals surface area contributed by atoms with Crippen LogP contribution in [0.3, 0.4) is 0 Å². The summed E-state index contributed by atoms with van der Waals surface area (Å²) < 4.78 is 23.5. The van der Waals surface area contributed by atoms with Crippen molar-refractivity contribution in [3.8, 4) is 6.07 Å². The fourth-order valence-electron chi connectivity index (χ4n) is 2.39. The van der Waals surface area contributed by atoms with E-state index in [9.17, 15) is 8.42 Å². The number of nitrogens with zero attached hydrogens (tertiary/aromatic N) is 1. The van der Waals surface area contributed by atoms with Crippen molar-refractivity contribution in [3.05, 3.63) is 35.4 Å². The first-order chi connectivity index (χ1) is 9.03. The average Bonchev–Trinajstić information content (AvgIpc) is 2.75. The van der Waals surface area contributed by atoms with Gasteiger partial charge < -0.3 is 5.32 Å². The minimum atomic E-state index is -2.89. The fourth-order valence-corrected chi connectivity index (χ4v) is 4.17. The van der Waals surface area contributed by atoms with E-state index in [0.29, 0.717) is 17.9 Å². The van der Waals surface area contributed by atoms with Gasteiger partial charge >= 0.3 is 0 Å². The fraction of sp³-hybridized carbons (Fsp3) is 0.500. The van der Waals surface area contributed by atoms with E-state index >= 15 is 0 Å². The van der Waals surface area contributed by atoms with Crippen molar-refractivity contribution >= 4 is 9.84 Å². The summed E-state index contributed by atoms with van der Waals surface area (Å²) >= 11 is 0. The molecule has 102 valence electrons. The molecule has 1 aromatic carbocycles. The molecular formula is C14H18N2O2S. The van der Waals surface area contributed by atoms with Gasteiger partial charge in [0.1, 0.15) is 0 Å². The molecule has 2 atom stereocenters. The van der Waals surface area contributed by atoms with Crippen LogP contribution in [0.4, 0.5) is 0 Å². The summed E-state index contributed by atoms with van der Waals surface area (Å²) in [7, 11) is -2.89. The highest BCUT2D eigenvalue weighted by Crippen LogP contribution is 2.21. The van der Waals surface area contributed by atoms with E-state index in [1.54, 1.807) is 6.07 Å². The first kappa shape index (κ1) is 14.0. The first-order valence-corrected chi connectivity index (χ1v) is 8.19. The lowest BCUT2D eigenvalue weighted by Gasteiger charge is -2.17. The topological polar surface area (TPSA) is 70.0 Å². The highest BCUT2D eigenvalue weighted by atomic mass is 32.2. The van der Waals surface area contributed by atoms with E-state index in [2.05, 4.69) is 11.4 Å². The van der Waals surface area contributed by atoms with Crippen molar-refractivity contribution in [1.29, 1.82) is 5.26 Å². The zero-order chi connectivity index (χ0) is 13.9. The van der Waals surface area contributed by atoms with Gasteiger partial charge in [0.15, 0.2) is 9.84 Å². The van der Waals surface area contributed by atoms with Gasteiger partial charge in [0.05, 0.1) is 22.6 Å². The predicted molar refractivity (Wildman–Crippen MR) is 74.4 cm³/mol. The molecule has 0 amide bonds. The lowest BCUT2D eigenvalue weighted by atomic mass is 10.1. The predicted octanol–water partition coefficient (Wildman–Crippen LogP) is 1.79. The van der Waals surface area contributed by atoms with E-state index in [1.807, 2.05) is 25.1 Å². The van der Waals surface area contributed by atoms with E-state index in [4.69, 9.17) is 5.26 Å². The quantitative estimate of drug-likeness (QED) is 0.911. The number of nitrogens with one attached hydrogen (secondary N) is 1. The molecule has 5 heteroatoms. The van der Waals surface area contributed by atoms with E-state index in [0.717, 1.165) is 18.4 Å². The Morgan fingerprint density at radius 3 is 2.95 bits per heavy atom. The van der Waals surface area contributed by atoms with Gasteiger partial charge in [0, 0.05) is 12.6 Å². The molecule has 0 aromatic heterocycles. The molecule has 1 heterocycles. The van der Waals surface area contributed by atoms with E-state index < -0.39 is 9.84 Å². The van der Waals surface area contributed by atoms with Crippen LogP contribution in [-0.2, 0) is 9.84 Å². The lowest BCUT2D eigenvalue weighted by Crippen LogP contribution is -2.32. The van der Waals surface area contributed by atoms with Gasteiger partial charge in [0.25, 0.3) is 0 Å². The molecule has 0 aliphatic carbocycles. The molecule has 1 aliphatic heterocycles. The first-order valence-electron chi connectivity index (χ1n) is 6.48. The van der Waals surface area contributed by atoms with Crippen molar-refractivity contribution in [2.24, 2.45) is 0 Å². The Bertz CT molecular complexity index is 590. The molecule has 19 heavy (non-hydrogen) atoms. The molecule has 1 N–H and O–H groups in total. The number of hydrogen-bond acceptors (Lipinski definition) is 4. The molecule has 0 spiro atoms. The van der Waals surface area contributed by atoms with Crippen molar-refractivity contribution < 1.29 is 8.42 Å². The Morgan fingerprint density at radius 1 is 1.53 bits per heavy atom. The van der Waals surface area contributed by atoms with Crippen LogP contribution in [0.2, 0.25) is 0 Å². The van der Waals surface area contributed by atoms with Gasteiger partial charge in [-0.05, 0) is 37.5 Å². The Hall–Kier alpha value is -1.38. The molecule has 0 radical (unpaired) electrons. The smallest absolute Gasteiger partial charge is 0.154 e. The van der Waals surface area contributed by atoms with Gasteiger partial charge in [-0.1, -0.05) is 12.1 Å². The Labute approximate surface area is 114 Å². The molecule has 0 bridgehead atoms. The summed E-state index contributed by atoms with van der Waals surface area (Å²) in [5.74, 6) is 0.317. The number of rotatable bonds is 4. The largest absolute Gasteiger partial charge is 0.309 e. The third-order valence-electron chi connectivity index (χ3n) is 3.63. The van der Waals surface area contributed by atoms with Gasteiger partial charge in [-0.25, -0.2) is 8.42 Å². The molecular weight excluding hydrogens is 260 g/mol. The average molecular weight is 278 g/mol. The Morgan fingerprint density at radius 2 is 2.32 bits per heavy atom. The molecule has 1 aromatic rings. The summed E-state index contributed by atoms with van der Waals surface area (Å²) in [6.07, 6.45) is 1.52. The van der Waals surface area contributed by atoms with Crippen molar-refractivity contribution in [3.63, 3.8) is 0 Å². The highest BCUT2D eigenvalue weighted by molar-refractivity contribution is 7.92. The van der Waals surface area contributed by atoms with Crippen LogP contribution >= 0.6 is 0 Å². The zero-order valence-electron chi connectivity index (χ0n) is 11.0. The maximum absolute atomic E-state index is 11.7. The van der Waals surface area contributed by atoms with Crippen molar-refractivity contribution in [2.75, 3.05) is 12.3 Å². The van der Waals surface area contributed by atoms with Crippen LogP contribution in [0.25, 0.3) is 0 Å². The van der Waals surface area contributed by atoms with Crippen LogP contribution in [0, 0.1) is 11.3 Å². The summed E-state index contributed by atoms with van der Waals surface area (Å²) in [6, 6.07) is 9.54. The van der Waals surface area contributed by atoms with Crippen molar-refractivity contribution in [1.82, 2.24) is 5.32 Å². The molecule has 0 saturated carbocycles. The summed E-state index contributed by atoms with van der Waals surface area (Å²) in [5.41, 5.74) is 1.63. The second-order valence-electron chi connectivity index (χ2n) is 5.00. The second kappa shape index (κ2) is 5.72. The Balaban J connectivity index is 1.98. The number of hydrogen-bond donors (Lipinski definition) is 1. The minimum Gasteiger partial charge on any atom is -0.309 e. The molecule has 2 rings (SSSR count). The molecule has 1 saturated heterocycles. The normalized spacial score (nSPS) is 22.8. The van der Waals surface area contributed by atoms with Crippen molar-refractivity contribution in [2.45, 2.75) is 31.1 Å². The molecule has 2 unspecified atom stereocenters. The van der Waals surface area contributed by atoms with Gasteiger partial charge in [0.2, 0.25) is 0 Å². The van der Waals surface area contributed by atoms with Crippen LogP contribution in [-0.4, -0.2) is 26.0 Å². The number of benzene rings is 1. The maximum Gasteiger partial charge on any atom is 0.154 e. The molecule has 4 nitrogen and oxygen atoms in total. The van der Waals surface area contributed by atoms with Gasteiger partial charge in [-0.3, -0.25) is 0 Å². The summed E-state index contributed by atoms with van der Waals surface area (Å²) in [5, 5.41) is 11.9. The monoisotopic (exact) mass is 278 g/mol. The summed E-state index contributed by atoms with van der Waals surface area (Å²) in [4.78, 5) is 0. The molecule has 1 aliphatic rings. The van der Waals surface area contributed by atoms with Crippen LogP contribution < -0.4 is 5.32 Å². The van der Waals surface area contributed by atoms with E-state index in [1.165, 1.54) is 0 Å². The Kier molecular flexibility index (Phi) is 4.23.